The molecule has 2 aromatic carbocycles. The van der Waals surface area contributed by atoms with Crippen LogP contribution in [0.1, 0.15) is 33.9 Å². The van der Waals surface area contributed by atoms with Crippen molar-refractivity contribution in [2.24, 2.45) is 0 Å². The van der Waals surface area contributed by atoms with Gasteiger partial charge < -0.3 is 24.4 Å². The number of likely N-dealkylation sites (N-methyl/N-ethyl adjacent to an activating group) is 1. The highest BCUT2D eigenvalue weighted by Gasteiger charge is 2.44. The van der Waals surface area contributed by atoms with Crippen LogP contribution in [-0.4, -0.2) is 71.8 Å². The molecule has 0 bridgehead atoms. The Hall–Kier alpha value is -4.02. The Balaban J connectivity index is 1.81. The monoisotopic (exact) mass is 535 g/mol. The summed E-state index contributed by atoms with van der Waals surface area (Å²) in [6.07, 6.45) is 0. The summed E-state index contributed by atoms with van der Waals surface area (Å²) >= 11 is 1.21. The molecule has 0 saturated carbocycles. The van der Waals surface area contributed by atoms with Crippen molar-refractivity contribution in [2.45, 2.75) is 19.9 Å². The van der Waals surface area contributed by atoms with Crippen molar-refractivity contribution in [1.82, 2.24) is 14.8 Å². The summed E-state index contributed by atoms with van der Waals surface area (Å²) in [5, 5.41) is 11.7. The van der Waals surface area contributed by atoms with Crippen LogP contribution < -0.4 is 9.47 Å². The van der Waals surface area contributed by atoms with Gasteiger partial charge in [-0.1, -0.05) is 36.4 Å². The van der Waals surface area contributed by atoms with Gasteiger partial charge in [0.2, 0.25) is 5.78 Å². The van der Waals surface area contributed by atoms with Crippen molar-refractivity contribution in [3.63, 3.8) is 0 Å². The number of benzene rings is 2. The Labute approximate surface area is 224 Å². The second kappa shape index (κ2) is 11.2. The number of thiazole rings is 1. The fourth-order valence-corrected chi connectivity index (χ4v) is 5.33. The van der Waals surface area contributed by atoms with E-state index >= 15 is 0 Å². The second-order valence-electron chi connectivity index (χ2n) is 9.10. The first kappa shape index (κ1) is 27.0. The van der Waals surface area contributed by atoms with E-state index in [1.54, 1.807) is 25.1 Å². The lowest BCUT2D eigenvalue weighted by Crippen LogP contribution is -2.36. The first-order chi connectivity index (χ1) is 18.1. The number of aryl methyl sites for hydroxylation is 1. The Morgan fingerprint density at radius 2 is 1.84 bits per heavy atom. The van der Waals surface area contributed by atoms with Gasteiger partial charge in [0.1, 0.15) is 5.01 Å². The third-order valence-corrected chi connectivity index (χ3v) is 7.32. The smallest absolute Gasteiger partial charge is 0.308 e. The van der Waals surface area contributed by atoms with Crippen LogP contribution in [0, 0.1) is 6.92 Å². The summed E-state index contributed by atoms with van der Waals surface area (Å²) in [7, 11) is 5.18. The molecule has 0 fully saturated rings. The number of esters is 1. The Morgan fingerprint density at radius 3 is 2.47 bits per heavy atom. The van der Waals surface area contributed by atoms with Crippen LogP contribution >= 0.6 is 11.3 Å². The van der Waals surface area contributed by atoms with Gasteiger partial charge in [0.25, 0.3) is 5.91 Å². The van der Waals surface area contributed by atoms with Gasteiger partial charge >= 0.3 is 5.97 Å². The van der Waals surface area contributed by atoms with Gasteiger partial charge in [-0.3, -0.25) is 14.4 Å². The molecule has 2 heterocycles. The fourth-order valence-electron chi connectivity index (χ4n) is 4.30. The molecule has 1 aromatic heterocycles. The summed E-state index contributed by atoms with van der Waals surface area (Å²) in [6.45, 7) is 3.76. The van der Waals surface area contributed by atoms with Crippen LogP contribution in [0.25, 0.3) is 10.6 Å². The number of aliphatic hydroxyl groups is 1. The molecule has 1 aliphatic heterocycles. The van der Waals surface area contributed by atoms with Crippen LogP contribution in [0.4, 0.5) is 0 Å². The predicted octanol–water partition coefficient (Wildman–Crippen LogP) is 4.19. The Bertz CT molecular complexity index is 1410. The molecule has 1 N–H and O–H groups in total. The predicted molar refractivity (Wildman–Crippen MR) is 144 cm³/mol. The van der Waals surface area contributed by atoms with Crippen LogP contribution in [0.3, 0.4) is 0 Å². The van der Waals surface area contributed by atoms with Crippen molar-refractivity contribution in [3.05, 3.63) is 76.0 Å². The zero-order chi connectivity index (χ0) is 27.6. The molecular weight excluding hydrogens is 506 g/mol. The van der Waals surface area contributed by atoms with Gasteiger partial charge in [0, 0.05) is 25.6 Å². The zero-order valence-electron chi connectivity index (χ0n) is 21.8. The van der Waals surface area contributed by atoms with Crippen molar-refractivity contribution in [1.29, 1.82) is 0 Å². The minimum atomic E-state index is -0.906. The van der Waals surface area contributed by atoms with E-state index in [0.717, 1.165) is 5.56 Å². The summed E-state index contributed by atoms with van der Waals surface area (Å²) < 4.78 is 10.6. The average Bonchev–Trinajstić information content (AvgIpc) is 3.39. The largest absolute Gasteiger partial charge is 0.503 e. The topological polar surface area (TPSA) is 109 Å². The number of aromatic nitrogens is 1. The molecule has 0 spiro atoms. The molecule has 0 radical (unpaired) electrons. The van der Waals surface area contributed by atoms with Crippen molar-refractivity contribution in [3.8, 4) is 22.1 Å². The number of methoxy groups -OCH3 is 1. The van der Waals surface area contributed by atoms with E-state index in [-0.39, 0.29) is 17.9 Å². The number of carbonyl (C=O) groups is 3. The minimum Gasteiger partial charge on any atom is -0.503 e. The minimum absolute atomic E-state index is 0.0425. The van der Waals surface area contributed by atoms with Gasteiger partial charge in [0.05, 0.1) is 29.3 Å². The number of hydrogen-bond donors (Lipinski definition) is 1. The maximum Gasteiger partial charge on any atom is 0.308 e. The summed E-state index contributed by atoms with van der Waals surface area (Å²) in [5.41, 5.74) is 1.82. The van der Waals surface area contributed by atoms with Crippen LogP contribution in [0.2, 0.25) is 0 Å². The van der Waals surface area contributed by atoms with Crippen molar-refractivity contribution < 1.29 is 29.0 Å². The van der Waals surface area contributed by atoms with E-state index in [2.05, 4.69) is 4.98 Å². The maximum absolute atomic E-state index is 14.0. The van der Waals surface area contributed by atoms with E-state index in [4.69, 9.17) is 9.47 Å². The molecule has 1 unspecified atom stereocenters. The SMILES string of the molecule is COc1ccc(C2C(C(=O)c3sc(-c4ccccc4)nc3C)=C(O)C(=O)N2CCN(C)C)cc1OC(C)=O. The number of amides is 1. The highest BCUT2D eigenvalue weighted by molar-refractivity contribution is 7.17. The first-order valence-electron chi connectivity index (χ1n) is 11.9. The molecule has 198 valence electrons. The normalized spacial score (nSPS) is 15.4. The fraction of sp³-hybridized carbons (Fsp3) is 0.286. The molecule has 0 saturated heterocycles. The van der Waals surface area contributed by atoms with Gasteiger partial charge in [0.15, 0.2) is 17.3 Å². The molecule has 3 aromatic rings. The lowest BCUT2D eigenvalue weighted by Gasteiger charge is -2.28. The number of ketones is 1. The lowest BCUT2D eigenvalue weighted by atomic mass is 9.94. The molecule has 4 rings (SSSR count). The zero-order valence-corrected chi connectivity index (χ0v) is 22.7. The number of aliphatic hydroxyl groups excluding tert-OH is 1. The highest BCUT2D eigenvalue weighted by Crippen LogP contribution is 2.43. The van der Waals surface area contributed by atoms with Gasteiger partial charge in [-0.2, -0.15) is 0 Å². The molecule has 9 nitrogen and oxygen atoms in total. The van der Waals surface area contributed by atoms with Crippen LogP contribution in [0.5, 0.6) is 11.5 Å². The quantitative estimate of drug-likeness (QED) is 0.247. The molecule has 10 heteroatoms. The number of Topliss-reactive ketones (excluding diaryl/α,β-unsaturated/α-hetero) is 1. The first-order valence-corrected chi connectivity index (χ1v) is 12.8. The second-order valence-corrected chi connectivity index (χ2v) is 10.1. The Morgan fingerprint density at radius 1 is 1.13 bits per heavy atom. The van der Waals surface area contributed by atoms with Crippen molar-refractivity contribution in [2.75, 3.05) is 34.3 Å². The van der Waals surface area contributed by atoms with Crippen molar-refractivity contribution >= 4 is 29.0 Å². The molecule has 0 aliphatic carbocycles. The summed E-state index contributed by atoms with van der Waals surface area (Å²) in [6, 6.07) is 13.4. The Kier molecular flexibility index (Phi) is 7.94. The molecule has 1 amide bonds. The number of carbonyl (C=O) groups excluding carboxylic acids is 3. The van der Waals surface area contributed by atoms with Gasteiger partial charge in [-0.05, 0) is 38.7 Å². The highest BCUT2D eigenvalue weighted by atomic mass is 32.1. The van der Waals surface area contributed by atoms with E-state index in [1.807, 2.05) is 49.3 Å². The van der Waals surface area contributed by atoms with E-state index < -0.39 is 29.5 Å². The average molecular weight is 536 g/mol. The maximum atomic E-state index is 14.0. The number of hydrogen-bond acceptors (Lipinski definition) is 9. The van der Waals surface area contributed by atoms with E-state index in [0.29, 0.717) is 33.4 Å². The molecular formula is C28H29N3O6S. The third-order valence-electron chi connectivity index (χ3n) is 6.12. The molecule has 38 heavy (non-hydrogen) atoms. The van der Waals surface area contributed by atoms with Gasteiger partial charge in [-0.15, -0.1) is 11.3 Å². The summed E-state index contributed by atoms with van der Waals surface area (Å²) in [5.74, 6) is -1.80. The molecule has 1 aliphatic rings. The number of rotatable bonds is 9. The van der Waals surface area contributed by atoms with Crippen LogP contribution in [0.15, 0.2) is 59.9 Å². The lowest BCUT2D eigenvalue weighted by molar-refractivity contribution is -0.132. The number of nitrogens with zero attached hydrogens (tertiary/aromatic N) is 3. The van der Waals surface area contributed by atoms with Crippen LogP contribution in [-0.2, 0) is 9.59 Å². The third kappa shape index (κ3) is 5.32. The van der Waals surface area contributed by atoms with E-state index in [9.17, 15) is 19.5 Å². The number of ether oxygens (including phenoxy) is 2. The van der Waals surface area contributed by atoms with Gasteiger partial charge in [-0.25, -0.2) is 4.98 Å². The standard InChI is InChI=1S/C28H29N3O6S/c1-16-26(38-27(29-16)18-9-7-6-8-10-18)24(33)22-23(31(14-13-30(3)4)28(35)25(22)34)19-11-12-20(36-5)21(15-19)37-17(2)32/h6-12,15,23,34H,13-14H2,1-5H3. The summed E-state index contributed by atoms with van der Waals surface area (Å²) in [4.78, 5) is 47.2. The molecule has 1 atom stereocenters. The van der Waals surface area contributed by atoms with E-state index in [1.165, 1.54) is 30.3 Å².